The first-order chi connectivity index (χ1) is 16.4. The summed E-state index contributed by atoms with van der Waals surface area (Å²) in [7, 11) is 1.25. The number of carbonyl (C=O) groups is 3. The predicted octanol–water partition coefficient (Wildman–Crippen LogP) is 1.18. The number of aliphatic hydroxyl groups is 1. The first-order valence-corrected chi connectivity index (χ1v) is 12.3. The highest BCUT2D eigenvalue weighted by Crippen LogP contribution is 2.13. The summed E-state index contributed by atoms with van der Waals surface area (Å²) in [5.74, 6) is -1.02. The van der Waals surface area contributed by atoms with E-state index in [1.54, 1.807) is 6.20 Å². The second kappa shape index (κ2) is 14.7. The van der Waals surface area contributed by atoms with Gasteiger partial charge in [0.1, 0.15) is 12.1 Å². The van der Waals surface area contributed by atoms with Crippen LogP contribution in [-0.2, 0) is 20.7 Å². The predicted molar refractivity (Wildman–Crippen MR) is 133 cm³/mol. The molecule has 0 radical (unpaired) electrons. The molecular formula is C24H44N6O5. The minimum absolute atomic E-state index is 0.0379. The Kier molecular flexibility index (Phi) is 12.7. The van der Waals surface area contributed by atoms with Crippen molar-refractivity contribution in [2.24, 2.45) is 17.6 Å². The van der Waals surface area contributed by atoms with Gasteiger partial charge in [-0.05, 0) is 32.1 Å². The van der Waals surface area contributed by atoms with E-state index < -0.39 is 42.1 Å². The van der Waals surface area contributed by atoms with Gasteiger partial charge in [0.05, 0.1) is 31.8 Å². The SMILES string of the molecule is CC[C@H](C)[C@H](NC(=O)N(C[C@H](O)[C@@H](N)CC(C)C)C(C)C)C(=O)N[C@@H](Cc1c[nH]cn1)C(=O)OC. The fourth-order valence-corrected chi connectivity index (χ4v) is 3.69. The molecule has 1 aromatic heterocycles. The lowest BCUT2D eigenvalue weighted by atomic mass is 9.97. The normalized spacial score (nSPS) is 15.7. The summed E-state index contributed by atoms with van der Waals surface area (Å²) in [6.07, 6.45) is 3.59. The highest BCUT2D eigenvalue weighted by molar-refractivity contribution is 5.90. The van der Waals surface area contributed by atoms with Crippen molar-refractivity contribution >= 4 is 17.9 Å². The Morgan fingerprint density at radius 1 is 1.20 bits per heavy atom. The van der Waals surface area contributed by atoms with Crippen LogP contribution >= 0.6 is 0 Å². The van der Waals surface area contributed by atoms with Crippen molar-refractivity contribution < 1.29 is 24.2 Å². The third-order valence-electron chi connectivity index (χ3n) is 6.05. The molecule has 6 N–H and O–H groups in total. The smallest absolute Gasteiger partial charge is 0.328 e. The van der Waals surface area contributed by atoms with Crippen LogP contribution in [0.3, 0.4) is 0 Å². The third kappa shape index (κ3) is 9.85. The second-order valence-corrected chi connectivity index (χ2v) is 9.77. The van der Waals surface area contributed by atoms with Crippen molar-refractivity contribution in [1.29, 1.82) is 0 Å². The molecule has 0 aliphatic carbocycles. The molecule has 0 saturated carbocycles. The number of esters is 1. The summed E-state index contributed by atoms with van der Waals surface area (Å²) >= 11 is 0. The maximum atomic E-state index is 13.2. The molecule has 35 heavy (non-hydrogen) atoms. The van der Waals surface area contributed by atoms with E-state index in [0.29, 0.717) is 24.5 Å². The Morgan fingerprint density at radius 3 is 2.34 bits per heavy atom. The number of ether oxygens (including phenoxy) is 1. The summed E-state index contributed by atoms with van der Waals surface area (Å²) < 4.78 is 4.85. The highest BCUT2D eigenvalue weighted by atomic mass is 16.5. The highest BCUT2D eigenvalue weighted by Gasteiger charge is 2.33. The molecule has 1 rings (SSSR count). The molecule has 11 nitrogen and oxygen atoms in total. The Morgan fingerprint density at radius 2 is 1.86 bits per heavy atom. The van der Waals surface area contributed by atoms with Crippen molar-refractivity contribution in [3.8, 4) is 0 Å². The number of aliphatic hydroxyl groups excluding tert-OH is 1. The van der Waals surface area contributed by atoms with Gasteiger partial charge >= 0.3 is 12.0 Å². The molecule has 0 spiro atoms. The van der Waals surface area contributed by atoms with E-state index >= 15 is 0 Å². The van der Waals surface area contributed by atoms with Crippen molar-refractivity contribution in [3.63, 3.8) is 0 Å². The molecule has 0 aliphatic heterocycles. The molecule has 11 heteroatoms. The molecule has 5 atom stereocenters. The minimum atomic E-state index is -0.962. The summed E-state index contributed by atoms with van der Waals surface area (Å²) in [5.41, 5.74) is 6.70. The van der Waals surface area contributed by atoms with E-state index in [0.717, 1.165) is 0 Å². The number of nitrogens with zero attached hydrogens (tertiary/aromatic N) is 2. The van der Waals surface area contributed by atoms with Crippen LogP contribution in [0.4, 0.5) is 4.79 Å². The number of H-pyrrole nitrogens is 1. The number of methoxy groups -OCH3 is 1. The number of rotatable bonds is 14. The number of nitrogens with two attached hydrogens (primary N) is 1. The molecule has 1 aromatic rings. The number of hydrogen-bond acceptors (Lipinski definition) is 7. The molecule has 1 heterocycles. The van der Waals surface area contributed by atoms with Gasteiger partial charge in [-0.15, -0.1) is 0 Å². The average Bonchev–Trinajstić information content (AvgIpc) is 3.31. The molecule has 0 aromatic carbocycles. The number of amides is 3. The number of hydrogen-bond donors (Lipinski definition) is 5. The first-order valence-electron chi connectivity index (χ1n) is 12.3. The van der Waals surface area contributed by atoms with Crippen LogP contribution < -0.4 is 16.4 Å². The lowest BCUT2D eigenvalue weighted by Crippen LogP contribution is -2.59. The number of aromatic amines is 1. The van der Waals surface area contributed by atoms with Gasteiger partial charge in [-0.1, -0.05) is 34.1 Å². The van der Waals surface area contributed by atoms with Crippen LogP contribution in [0.1, 0.15) is 60.1 Å². The van der Waals surface area contributed by atoms with Gasteiger partial charge in [-0.3, -0.25) is 4.79 Å². The van der Waals surface area contributed by atoms with Crippen molar-refractivity contribution in [1.82, 2.24) is 25.5 Å². The van der Waals surface area contributed by atoms with Gasteiger partial charge in [-0.2, -0.15) is 0 Å². The number of aromatic nitrogens is 2. The van der Waals surface area contributed by atoms with Gasteiger partial charge in [0.15, 0.2) is 0 Å². The van der Waals surface area contributed by atoms with Crippen LogP contribution in [0.5, 0.6) is 0 Å². The molecule has 0 unspecified atom stereocenters. The third-order valence-corrected chi connectivity index (χ3v) is 6.05. The fourth-order valence-electron chi connectivity index (χ4n) is 3.69. The van der Waals surface area contributed by atoms with E-state index in [-0.39, 0.29) is 24.9 Å². The van der Waals surface area contributed by atoms with Gasteiger partial charge in [0.2, 0.25) is 5.91 Å². The minimum Gasteiger partial charge on any atom is -0.467 e. The van der Waals surface area contributed by atoms with Gasteiger partial charge in [-0.25, -0.2) is 14.6 Å². The Bertz CT molecular complexity index is 785. The Hall–Kier alpha value is -2.66. The summed E-state index contributed by atoms with van der Waals surface area (Å²) in [6, 6.07) is -3.06. The number of carbonyl (C=O) groups excluding carboxylic acids is 3. The monoisotopic (exact) mass is 496 g/mol. The van der Waals surface area contributed by atoms with Crippen molar-refractivity contribution in [2.75, 3.05) is 13.7 Å². The number of nitrogens with one attached hydrogen (secondary N) is 3. The van der Waals surface area contributed by atoms with E-state index in [1.165, 1.54) is 18.3 Å². The van der Waals surface area contributed by atoms with Crippen molar-refractivity contribution in [2.45, 2.75) is 91.1 Å². The summed E-state index contributed by atoms with van der Waals surface area (Å²) in [6.45, 7) is 11.5. The topological polar surface area (TPSA) is 163 Å². The molecule has 0 aliphatic rings. The van der Waals surface area contributed by atoms with E-state index in [4.69, 9.17) is 10.5 Å². The van der Waals surface area contributed by atoms with Crippen LogP contribution in [0.15, 0.2) is 12.5 Å². The lowest BCUT2D eigenvalue weighted by molar-refractivity contribution is -0.145. The largest absolute Gasteiger partial charge is 0.467 e. The van der Waals surface area contributed by atoms with E-state index in [2.05, 4.69) is 20.6 Å². The van der Waals surface area contributed by atoms with Gasteiger partial charge in [0, 0.05) is 24.7 Å². The zero-order valence-electron chi connectivity index (χ0n) is 22.1. The van der Waals surface area contributed by atoms with E-state index in [1.807, 2.05) is 41.5 Å². The van der Waals surface area contributed by atoms with Crippen LogP contribution in [0.25, 0.3) is 0 Å². The number of imidazole rings is 1. The zero-order valence-corrected chi connectivity index (χ0v) is 22.1. The molecule has 0 fully saturated rings. The summed E-state index contributed by atoms with van der Waals surface area (Å²) in [4.78, 5) is 47.1. The molecule has 200 valence electrons. The van der Waals surface area contributed by atoms with Gasteiger partial charge < -0.3 is 36.1 Å². The van der Waals surface area contributed by atoms with E-state index in [9.17, 15) is 19.5 Å². The second-order valence-electron chi connectivity index (χ2n) is 9.77. The van der Waals surface area contributed by atoms with Crippen molar-refractivity contribution in [3.05, 3.63) is 18.2 Å². The Balaban J connectivity index is 2.99. The molecule has 3 amide bonds. The summed E-state index contributed by atoms with van der Waals surface area (Å²) in [5, 5.41) is 16.1. The molecule has 0 bridgehead atoms. The van der Waals surface area contributed by atoms with Gasteiger partial charge in [0.25, 0.3) is 0 Å². The van der Waals surface area contributed by atoms with Crippen LogP contribution in [-0.4, -0.2) is 81.8 Å². The maximum Gasteiger partial charge on any atom is 0.328 e. The number of urea groups is 1. The standard InChI is InChI=1S/C24H44N6O5/c1-8-16(6)21(22(32)28-19(23(33)35-7)10-17-11-26-13-27-17)29-24(34)30(15(4)5)12-20(31)18(25)9-14(2)3/h11,13-16,18-21,31H,8-10,12,25H2,1-7H3,(H,26,27)(H,28,32)(H,29,34)/t16-,18-,19-,20-,21-/m0/s1. The molecule has 0 saturated heterocycles. The first kappa shape index (κ1) is 30.4. The maximum absolute atomic E-state index is 13.2. The Labute approximate surface area is 208 Å². The quantitative estimate of drug-likeness (QED) is 0.241. The lowest BCUT2D eigenvalue weighted by Gasteiger charge is -2.34. The zero-order chi connectivity index (χ0) is 26.7. The molecular weight excluding hydrogens is 452 g/mol. The van der Waals surface area contributed by atoms with Crippen LogP contribution in [0.2, 0.25) is 0 Å². The van der Waals surface area contributed by atoms with Crippen LogP contribution in [0, 0.1) is 11.8 Å². The fraction of sp³-hybridized carbons (Fsp3) is 0.750. The average molecular weight is 497 g/mol.